The van der Waals surface area contributed by atoms with Crippen LogP contribution in [0, 0.1) is 0 Å². The number of carbonyl (C=O) groups excluding carboxylic acids is 2. The van der Waals surface area contributed by atoms with Crippen molar-refractivity contribution in [2.45, 2.75) is 32.6 Å². The van der Waals surface area contributed by atoms with Crippen LogP contribution in [0.15, 0.2) is 30.3 Å². The van der Waals surface area contributed by atoms with Gasteiger partial charge in [0.1, 0.15) is 5.78 Å². The van der Waals surface area contributed by atoms with Crippen LogP contribution in [0.5, 0.6) is 0 Å². The zero-order valence-electron chi connectivity index (χ0n) is 9.03. The van der Waals surface area contributed by atoms with E-state index < -0.39 is 0 Å². The van der Waals surface area contributed by atoms with Crippen LogP contribution in [0.2, 0.25) is 0 Å². The van der Waals surface area contributed by atoms with E-state index in [9.17, 15) is 9.59 Å². The molecule has 1 aromatic rings. The van der Waals surface area contributed by atoms with Gasteiger partial charge in [0.15, 0.2) is 5.78 Å². The first kappa shape index (κ1) is 11.6. The maximum absolute atomic E-state index is 11.6. The molecular weight excluding hydrogens is 188 g/mol. The van der Waals surface area contributed by atoms with Gasteiger partial charge in [0.25, 0.3) is 0 Å². The monoisotopic (exact) mass is 204 g/mol. The number of benzene rings is 1. The summed E-state index contributed by atoms with van der Waals surface area (Å²) in [7, 11) is 0. The maximum atomic E-state index is 11.6. The van der Waals surface area contributed by atoms with Crippen molar-refractivity contribution in [1.29, 1.82) is 0 Å². The number of rotatable bonds is 6. The van der Waals surface area contributed by atoms with Crippen molar-refractivity contribution in [3.8, 4) is 0 Å². The van der Waals surface area contributed by atoms with Crippen molar-refractivity contribution in [2.75, 3.05) is 0 Å². The number of Topliss-reactive ketones (excluding diaryl/α,β-unsaturated/α-hetero) is 2. The number of ketones is 2. The summed E-state index contributed by atoms with van der Waals surface area (Å²) >= 11 is 0. The average molecular weight is 204 g/mol. The Labute approximate surface area is 90.3 Å². The third-order valence-electron chi connectivity index (χ3n) is 2.26. The fraction of sp³-hybridized carbons (Fsp3) is 0.385. The molecule has 0 saturated heterocycles. The third kappa shape index (κ3) is 4.07. The zero-order valence-corrected chi connectivity index (χ0v) is 9.03. The molecule has 0 atom stereocenters. The Morgan fingerprint density at radius 2 is 1.80 bits per heavy atom. The van der Waals surface area contributed by atoms with Crippen LogP contribution in [0.25, 0.3) is 0 Å². The molecule has 0 radical (unpaired) electrons. The molecule has 0 aliphatic carbocycles. The highest BCUT2D eigenvalue weighted by Crippen LogP contribution is 2.06. The fourth-order valence-electron chi connectivity index (χ4n) is 1.37. The number of unbranched alkanes of at least 4 members (excludes halogenated alkanes) is 1. The van der Waals surface area contributed by atoms with Crippen LogP contribution >= 0.6 is 0 Å². The summed E-state index contributed by atoms with van der Waals surface area (Å²) in [6, 6.07) is 8.97. The van der Waals surface area contributed by atoms with Crippen LogP contribution in [-0.2, 0) is 4.79 Å². The summed E-state index contributed by atoms with van der Waals surface area (Å²) in [5.41, 5.74) is 0.627. The lowest BCUT2D eigenvalue weighted by Crippen LogP contribution is -2.07. The van der Waals surface area contributed by atoms with Gasteiger partial charge in [-0.15, -0.1) is 0 Å². The molecule has 1 aromatic carbocycles. The van der Waals surface area contributed by atoms with Gasteiger partial charge in [-0.3, -0.25) is 9.59 Å². The summed E-state index contributed by atoms with van der Waals surface area (Å²) in [6.45, 7) is 2.03. The highest BCUT2D eigenvalue weighted by atomic mass is 16.1. The molecule has 0 unspecified atom stereocenters. The van der Waals surface area contributed by atoms with Gasteiger partial charge in [0.05, 0.1) is 6.42 Å². The van der Waals surface area contributed by atoms with E-state index in [1.165, 1.54) is 0 Å². The molecule has 0 aliphatic rings. The minimum absolute atomic E-state index is 0.0456. The minimum Gasteiger partial charge on any atom is -0.299 e. The SMILES string of the molecule is CCCCC(=O)CC(=O)c1ccccc1. The Balaban J connectivity index is 2.46. The van der Waals surface area contributed by atoms with Gasteiger partial charge in [-0.1, -0.05) is 43.7 Å². The highest BCUT2D eigenvalue weighted by Gasteiger charge is 2.10. The second-order valence-electron chi connectivity index (χ2n) is 3.61. The van der Waals surface area contributed by atoms with Crippen molar-refractivity contribution in [1.82, 2.24) is 0 Å². The van der Waals surface area contributed by atoms with Gasteiger partial charge in [-0.05, 0) is 6.42 Å². The summed E-state index contributed by atoms with van der Waals surface area (Å²) in [4.78, 5) is 23.0. The molecule has 0 saturated carbocycles. The van der Waals surface area contributed by atoms with Crippen LogP contribution in [0.1, 0.15) is 43.0 Å². The van der Waals surface area contributed by atoms with Crippen molar-refractivity contribution < 1.29 is 9.59 Å². The number of hydrogen-bond donors (Lipinski definition) is 0. The lowest BCUT2D eigenvalue weighted by molar-refractivity contribution is -0.118. The molecule has 0 fully saturated rings. The van der Waals surface area contributed by atoms with E-state index in [0.29, 0.717) is 12.0 Å². The Bertz CT molecular complexity index is 328. The third-order valence-corrected chi connectivity index (χ3v) is 2.26. The summed E-state index contributed by atoms with van der Waals surface area (Å²) < 4.78 is 0. The Morgan fingerprint density at radius 3 is 2.40 bits per heavy atom. The zero-order chi connectivity index (χ0) is 11.1. The van der Waals surface area contributed by atoms with E-state index in [1.54, 1.807) is 12.1 Å². The van der Waals surface area contributed by atoms with Crippen LogP contribution in [0.3, 0.4) is 0 Å². The van der Waals surface area contributed by atoms with Crippen molar-refractivity contribution in [3.63, 3.8) is 0 Å². The molecule has 15 heavy (non-hydrogen) atoms. The van der Waals surface area contributed by atoms with Crippen LogP contribution < -0.4 is 0 Å². The minimum atomic E-state index is -0.0725. The Morgan fingerprint density at radius 1 is 1.13 bits per heavy atom. The maximum Gasteiger partial charge on any atom is 0.170 e. The fourth-order valence-corrected chi connectivity index (χ4v) is 1.37. The summed E-state index contributed by atoms with van der Waals surface area (Å²) in [5.74, 6) is -0.0255. The normalized spacial score (nSPS) is 9.93. The topological polar surface area (TPSA) is 34.1 Å². The number of carbonyl (C=O) groups is 2. The van der Waals surface area contributed by atoms with Crippen LogP contribution in [-0.4, -0.2) is 11.6 Å². The molecule has 2 nitrogen and oxygen atoms in total. The summed E-state index contributed by atoms with van der Waals surface area (Å²) in [6.07, 6.45) is 2.44. The first-order chi connectivity index (χ1) is 7.24. The van der Waals surface area contributed by atoms with Gasteiger partial charge in [-0.2, -0.15) is 0 Å². The van der Waals surface area contributed by atoms with E-state index in [1.807, 2.05) is 25.1 Å². The van der Waals surface area contributed by atoms with Crippen LogP contribution in [0.4, 0.5) is 0 Å². The molecule has 0 heterocycles. The van der Waals surface area contributed by atoms with Crippen molar-refractivity contribution in [2.24, 2.45) is 0 Å². The molecule has 0 amide bonds. The van der Waals surface area contributed by atoms with Gasteiger partial charge in [0, 0.05) is 12.0 Å². The lowest BCUT2D eigenvalue weighted by Gasteiger charge is -1.99. The molecular formula is C13H16O2. The Kier molecular flexibility index (Phi) is 4.75. The van der Waals surface area contributed by atoms with Gasteiger partial charge < -0.3 is 0 Å². The second kappa shape index (κ2) is 6.12. The van der Waals surface area contributed by atoms with Gasteiger partial charge in [0.2, 0.25) is 0 Å². The van der Waals surface area contributed by atoms with E-state index in [-0.39, 0.29) is 18.0 Å². The van der Waals surface area contributed by atoms with Gasteiger partial charge in [-0.25, -0.2) is 0 Å². The van der Waals surface area contributed by atoms with Gasteiger partial charge >= 0.3 is 0 Å². The Hall–Kier alpha value is -1.44. The molecule has 0 aromatic heterocycles. The molecule has 1 rings (SSSR count). The standard InChI is InChI=1S/C13H16O2/c1-2-3-9-12(14)10-13(15)11-7-5-4-6-8-11/h4-8H,2-3,9-10H2,1H3. The van der Waals surface area contributed by atoms with E-state index >= 15 is 0 Å². The number of hydrogen-bond acceptors (Lipinski definition) is 2. The molecule has 80 valence electrons. The molecule has 0 bridgehead atoms. The largest absolute Gasteiger partial charge is 0.299 e. The van der Waals surface area contributed by atoms with Crippen molar-refractivity contribution >= 4 is 11.6 Å². The first-order valence-electron chi connectivity index (χ1n) is 5.34. The average Bonchev–Trinajstić information content (AvgIpc) is 2.27. The first-order valence-corrected chi connectivity index (χ1v) is 5.34. The molecule has 0 spiro atoms. The summed E-state index contributed by atoms with van der Waals surface area (Å²) in [5, 5.41) is 0. The van der Waals surface area contributed by atoms with E-state index in [4.69, 9.17) is 0 Å². The second-order valence-corrected chi connectivity index (χ2v) is 3.61. The predicted molar refractivity (Wildman–Crippen MR) is 59.9 cm³/mol. The molecule has 0 N–H and O–H groups in total. The van der Waals surface area contributed by atoms with E-state index in [2.05, 4.69) is 0 Å². The lowest BCUT2D eigenvalue weighted by atomic mass is 10.0. The smallest absolute Gasteiger partial charge is 0.170 e. The van der Waals surface area contributed by atoms with Crippen molar-refractivity contribution in [3.05, 3.63) is 35.9 Å². The molecule has 2 heteroatoms. The quantitative estimate of drug-likeness (QED) is 0.527. The molecule has 0 aliphatic heterocycles. The highest BCUT2D eigenvalue weighted by molar-refractivity contribution is 6.07. The predicted octanol–water partition coefficient (Wildman–Crippen LogP) is 3.02. The van der Waals surface area contributed by atoms with E-state index in [0.717, 1.165) is 12.8 Å².